The van der Waals surface area contributed by atoms with E-state index < -0.39 is 5.97 Å². The summed E-state index contributed by atoms with van der Waals surface area (Å²) in [6, 6.07) is 0. The third-order valence-corrected chi connectivity index (χ3v) is 3.55. The lowest BCUT2D eigenvalue weighted by Gasteiger charge is -2.08. The molecule has 0 fully saturated rings. The van der Waals surface area contributed by atoms with E-state index in [1.54, 1.807) is 11.6 Å². The predicted octanol–water partition coefficient (Wildman–Crippen LogP) is 1.20. The van der Waals surface area contributed by atoms with Crippen molar-refractivity contribution in [1.29, 1.82) is 0 Å². The molecule has 0 bridgehead atoms. The first-order valence-electron chi connectivity index (χ1n) is 6.81. The van der Waals surface area contributed by atoms with E-state index in [0.29, 0.717) is 25.8 Å². The number of carboxylic acid groups (broad SMARTS) is 1. The van der Waals surface area contributed by atoms with E-state index >= 15 is 0 Å². The molecule has 1 amide bonds. The molecule has 0 saturated heterocycles. The van der Waals surface area contributed by atoms with Gasteiger partial charge < -0.3 is 10.4 Å². The number of carbonyl (C=O) groups is 2. The lowest BCUT2D eigenvalue weighted by molar-refractivity contribution is -0.141. The van der Waals surface area contributed by atoms with E-state index in [4.69, 9.17) is 5.11 Å². The van der Waals surface area contributed by atoms with Crippen molar-refractivity contribution in [2.24, 2.45) is 13.0 Å². The average molecular weight is 281 g/mol. The number of hydrogen-bond acceptors (Lipinski definition) is 3. The van der Waals surface area contributed by atoms with Crippen LogP contribution in [0, 0.1) is 19.8 Å². The summed E-state index contributed by atoms with van der Waals surface area (Å²) in [7, 11) is 1.86. The number of amides is 1. The minimum Gasteiger partial charge on any atom is -0.481 e. The summed E-state index contributed by atoms with van der Waals surface area (Å²) in [6.07, 6.45) is 1.56. The fourth-order valence-corrected chi connectivity index (χ4v) is 2.06. The first-order valence-corrected chi connectivity index (χ1v) is 6.81. The van der Waals surface area contributed by atoms with Crippen molar-refractivity contribution in [2.75, 3.05) is 6.54 Å². The standard InChI is InChI=1S/C14H23N3O3/c1-9(14(19)20)6-5-7-15-13(18)8-12-10(2)16-17(4)11(12)3/h9H,5-8H2,1-4H3,(H,15,18)(H,19,20). The Labute approximate surface area is 119 Å². The number of aryl methyl sites for hydroxylation is 2. The first kappa shape index (κ1) is 16.2. The van der Waals surface area contributed by atoms with Crippen molar-refractivity contribution >= 4 is 11.9 Å². The molecule has 20 heavy (non-hydrogen) atoms. The van der Waals surface area contributed by atoms with Gasteiger partial charge in [0.1, 0.15) is 0 Å². The van der Waals surface area contributed by atoms with E-state index in [2.05, 4.69) is 10.4 Å². The van der Waals surface area contributed by atoms with Crippen LogP contribution in [0.15, 0.2) is 0 Å². The van der Waals surface area contributed by atoms with Crippen molar-refractivity contribution in [1.82, 2.24) is 15.1 Å². The highest BCUT2D eigenvalue weighted by Crippen LogP contribution is 2.12. The molecule has 0 spiro atoms. The summed E-state index contributed by atoms with van der Waals surface area (Å²) < 4.78 is 1.77. The molecule has 0 aliphatic rings. The Kier molecular flexibility index (Phi) is 5.73. The lowest BCUT2D eigenvalue weighted by Crippen LogP contribution is -2.27. The van der Waals surface area contributed by atoms with Crippen molar-refractivity contribution < 1.29 is 14.7 Å². The Bertz CT molecular complexity index is 494. The third-order valence-electron chi connectivity index (χ3n) is 3.55. The molecule has 6 nitrogen and oxygen atoms in total. The molecule has 1 aromatic heterocycles. The molecule has 0 aliphatic heterocycles. The summed E-state index contributed by atoms with van der Waals surface area (Å²) in [5.41, 5.74) is 2.83. The fraction of sp³-hybridized carbons (Fsp3) is 0.643. The quantitative estimate of drug-likeness (QED) is 0.735. The topological polar surface area (TPSA) is 84.2 Å². The van der Waals surface area contributed by atoms with E-state index in [1.807, 2.05) is 20.9 Å². The molecule has 1 heterocycles. The Morgan fingerprint density at radius 2 is 2.05 bits per heavy atom. The number of carboxylic acids is 1. The number of aromatic nitrogens is 2. The van der Waals surface area contributed by atoms with Crippen LogP contribution in [-0.4, -0.2) is 33.3 Å². The monoisotopic (exact) mass is 281 g/mol. The Morgan fingerprint density at radius 3 is 2.55 bits per heavy atom. The predicted molar refractivity (Wildman–Crippen MR) is 75.4 cm³/mol. The highest BCUT2D eigenvalue weighted by Gasteiger charge is 2.14. The maximum absolute atomic E-state index is 11.8. The lowest BCUT2D eigenvalue weighted by atomic mass is 10.1. The van der Waals surface area contributed by atoms with Crippen LogP contribution in [0.3, 0.4) is 0 Å². The van der Waals surface area contributed by atoms with Gasteiger partial charge in [0, 0.05) is 24.8 Å². The number of aliphatic carboxylic acids is 1. The van der Waals surface area contributed by atoms with Crippen LogP contribution in [0.5, 0.6) is 0 Å². The minimum absolute atomic E-state index is 0.0489. The Balaban J connectivity index is 2.36. The molecule has 1 atom stereocenters. The van der Waals surface area contributed by atoms with Gasteiger partial charge in [0.2, 0.25) is 5.91 Å². The van der Waals surface area contributed by atoms with Crippen LogP contribution in [0.2, 0.25) is 0 Å². The van der Waals surface area contributed by atoms with Gasteiger partial charge in [-0.05, 0) is 26.7 Å². The summed E-state index contributed by atoms with van der Waals surface area (Å²) >= 11 is 0. The molecular formula is C14H23N3O3. The SMILES string of the molecule is Cc1nn(C)c(C)c1CC(=O)NCCCC(C)C(=O)O. The van der Waals surface area contributed by atoms with Crippen LogP contribution in [-0.2, 0) is 23.1 Å². The number of rotatable bonds is 7. The molecule has 0 aliphatic carbocycles. The van der Waals surface area contributed by atoms with Gasteiger partial charge in [-0.15, -0.1) is 0 Å². The Morgan fingerprint density at radius 1 is 1.40 bits per heavy atom. The normalized spacial score (nSPS) is 12.2. The summed E-state index contributed by atoms with van der Waals surface area (Å²) in [5.74, 6) is -1.21. The zero-order valence-electron chi connectivity index (χ0n) is 12.6. The molecular weight excluding hydrogens is 258 g/mol. The largest absolute Gasteiger partial charge is 0.481 e. The summed E-state index contributed by atoms with van der Waals surface area (Å²) in [5, 5.41) is 15.8. The summed E-state index contributed by atoms with van der Waals surface area (Å²) in [4.78, 5) is 22.5. The van der Waals surface area contributed by atoms with Crippen molar-refractivity contribution in [3.63, 3.8) is 0 Å². The highest BCUT2D eigenvalue weighted by atomic mass is 16.4. The van der Waals surface area contributed by atoms with Gasteiger partial charge in [0.05, 0.1) is 18.0 Å². The second-order valence-electron chi connectivity index (χ2n) is 5.18. The smallest absolute Gasteiger partial charge is 0.306 e. The van der Waals surface area contributed by atoms with Gasteiger partial charge in [-0.25, -0.2) is 0 Å². The molecule has 6 heteroatoms. The van der Waals surface area contributed by atoms with Gasteiger partial charge in [0.25, 0.3) is 0 Å². The maximum atomic E-state index is 11.8. The Hall–Kier alpha value is -1.85. The summed E-state index contributed by atoms with van der Waals surface area (Å²) in [6.45, 7) is 6.02. The van der Waals surface area contributed by atoms with E-state index in [1.165, 1.54) is 0 Å². The van der Waals surface area contributed by atoms with Crippen LogP contribution in [0.25, 0.3) is 0 Å². The average Bonchev–Trinajstić information content (AvgIpc) is 2.61. The van der Waals surface area contributed by atoms with Gasteiger partial charge >= 0.3 is 5.97 Å². The van der Waals surface area contributed by atoms with Crippen LogP contribution < -0.4 is 5.32 Å². The van der Waals surface area contributed by atoms with Crippen molar-refractivity contribution in [3.05, 3.63) is 17.0 Å². The van der Waals surface area contributed by atoms with Crippen LogP contribution >= 0.6 is 0 Å². The number of hydrogen-bond donors (Lipinski definition) is 2. The van der Waals surface area contributed by atoms with E-state index in [-0.39, 0.29) is 11.8 Å². The van der Waals surface area contributed by atoms with E-state index in [0.717, 1.165) is 17.0 Å². The van der Waals surface area contributed by atoms with Crippen molar-refractivity contribution in [3.8, 4) is 0 Å². The second-order valence-corrected chi connectivity index (χ2v) is 5.18. The molecule has 1 unspecified atom stereocenters. The zero-order chi connectivity index (χ0) is 15.3. The number of nitrogens with one attached hydrogen (secondary N) is 1. The molecule has 1 aromatic rings. The van der Waals surface area contributed by atoms with Crippen LogP contribution in [0.4, 0.5) is 0 Å². The molecule has 1 rings (SSSR count). The van der Waals surface area contributed by atoms with Gasteiger partial charge in [-0.2, -0.15) is 5.10 Å². The van der Waals surface area contributed by atoms with Crippen molar-refractivity contribution in [2.45, 2.75) is 40.0 Å². The maximum Gasteiger partial charge on any atom is 0.306 e. The zero-order valence-corrected chi connectivity index (χ0v) is 12.6. The second kappa shape index (κ2) is 7.07. The number of carbonyl (C=O) groups excluding carboxylic acids is 1. The first-order chi connectivity index (χ1) is 9.32. The molecule has 0 aromatic carbocycles. The molecule has 0 saturated carbocycles. The molecule has 2 N–H and O–H groups in total. The van der Waals surface area contributed by atoms with Gasteiger partial charge in [0.15, 0.2) is 0 Å². The fourth-order valence-electron chi connectivity index (χ4n) is 2.06. The third kappa shape index (κ3) is 4.36. The molecule has 0 radical (unpaired) electrons. The van der Waals surface area contributed by atoms with Gasteiger partial charge in [-0.1, -0.05) is 6.92 Å². The minimum atomic E-state index is -0.794. The number of nitrogens with zero attached hydrogens (tertiary/aromatic N) is 2. The molecule has 112 valence electrons. The van der Waals surface area contributed by atoms with Crippen LogP contribution in [0.1, 0.15) is 36.7 Å². The van der Waals surface area contributed by atoms with E-state index in [9.17, 15) is 9.59 Å². The highest BCUT2D eigenvalue weighted by molar-refractivity contribution is 5.79. The van der Waals surface area contributed by atoms with Gasteiger partial charge in [-0.3, -0.25) is 14.3 Å².